The number of carbonyl (C=O) groups excluding carboxylic acids is 1. The third-order valence-corrected chi connectivity index (χ3v) is 3.57. The molecule has 0 amide bonds. The molecule has 0 unspecified atom stereocenters. The maximum atomic E-state index is 11.5. The van der Waals surface area contributed by atoms with Crippen molar-refractivity contribution < 1.29 is 14.7 Å². The van der Waals surface area contributed by atoms with Gasteiger partial charge in [0.15, 0.2) is 5.78 Å². The largest absolute Gasteiger partial charge is 0.481 e. The van der Waals surface area contributed by atoms with E-state index in [1.807, 2.05) is 12.2 Å². The fourth-order valence-electron chi connectivity index (χ4n) is 2.22. The molecule has 126 valence electrons. The molecule has 0 aromatic rings. The summed E-state index contributed by atoms with van der Waals surface area (Å²) in [5.74, 6) is -0.471. The first-order valence-corrected chi connectivity index (χ1v) is 8.74. The molecule has 0 aliphatic carbocycles. The predicted octanol–water partition coefficient (Wildman–Crippen LogP) is 5.45. The Bertz CT molecular complexity index is 343. The Morgan fingerprint density at radius 3 is 2.14 bits per heavy atom. The number of unbranched alkanes of at least 4 members (excludes halogenated alkanes) is 8. The first-order chi connectivity index (χ1) is 10.7. The molecule has 0 aromatic heterocycles. The zero-order chi connectivity index (χ0) is 16.5. The maximum Gasteiger partial charge on any atom is 0.303 e. The van der Waals surface area contributed by atoms with Gasteiger partial charge in [0.05, 0.1) is 0 Å². The van der Waals surface area contributed by atoms with Gasteiger partial charge in [-0.05, 0) is 31.8 Å². The summed E-state index contributed by atoms with van der Waals surface area (Å²) in [6.07, 6.45) is 19.4. The Morgan fingerprint density at radius 2 is 1.45 bits per heavy atom. The summed E-state index contributed by atoms with van der Waals surface area (Å²) in [6.45, 7) is 2.14. The summed E-state index contributed by atoms with van der Waals surface area (Å²) < 4.78 is 0. The SMILES string of the molecule is CCCCCC(=O)/C=C/C=C\CCCCCCCCC(=O)O. The second-order valence-corrected chi connectivity index (χ2v) is 5.76. The van der Waals surface area contributed by atoms with Crippen LogP contribution in [0.2, 0.25) is 0 Å². The predicted molar refractivity (Wildman–Crippen MR) is 92.0 cm³/mol. The molecule has 0 heterocycles. The van der Waals surface area contributed by atoms with Crippen LogP contribution < -0.4 is 0 Å². The standard InChI is InChI=1S/C19H32O3/c1-2-3-12-15-18(20)16-13-10-8-6-4-5-7-9-11-14-17-19(21)22/h8,10,13,16H,2-7,9,11-12,14-15,17H2,1H3,(H,21,22)/b10-8-,16-13+. The number of hydrogen-bond donors (Lipinski definition) is 1. The molecular weight excluding hydrogens is 276 g/mol. The lowest BCUT2D eigenvalue weighted by atomic mass is 10.1. The van der Waals surface area contributed by atoms with Crippen molar-refractivity contribution in [3.8, 4) is 0 Å². The molecule has 0 saturated carbocycles. The number of carboxylic acid groups (broad SMARTS) is 1. The van der Waals surface area contributed by atoms with E-state index in [4.69, 9.17) is 5.11 Å². The highest BCUT2D eigenvalue weighted by molar-refractivity contribution is 5.89. The van der Waals surface area contributed by atoms with Crippen molar-refractivity contribution in [2.24, 2.45) is 0 Å². The maximum absolute atomic E-state index is 11.5. The summed E-state index contributed by atoms with van der Waals surface area (Å²) in [5.41, 5.74) is 0. The molecule has 0 atom stereocenters. The van der Waals surface area contributed by atoms with Crippen molar-refractivity contribution in [3.63, 3.8) is 0 Å². The topological polar surface area (TPSA) is 54.4 Å². The van der Waals surface area contributed by atoms with E-state index < -0.39 is 5.97 Å². The minimum absolute atomic E-state index is 0.222. The molecule has 3 heteroatoms. The number of allylic oxidation sites excluding steroid dienone is 4. The zero-order valence-corrected chi connectivity index (χ0v) is 14.1. The number of carboxylic acids is 1. The van der Waals surface area contributed by atoms with Gasteiger partial charge in [0.25, 0.3) is 0 Å². The van der Waals surface area contributed by atoms with Crippen LogP contribution in [0.3, 0.4) is 0 Å². The van der Waals surface area contributed by atoms with Crippen LogP contribution in [-0.4, -0.2) is 16.9 Å². The van der Waals surface area contributed by atoms with Crippen molar-refractivity contribution in [2.75, 3.05) is 0 Å². The quantitative estimate of drug-likeness (QED) is 0.248. The van der Waals surface area contributed by atoms with Gasteiger partial charge in [0.1, 0.15) is 0 Å². The van der Waals surface area contributed by atoms with E-state index in [9.17, 15) is 9.59 Å². The van der Waals surface area contributed by atoms with E-state index in [1.54, 1.807) is 6.08 Å². The minimum atomic E-state index is -0.693. The molecule has 3 nitrogen and oxygen atoms in total. The van der Waals surface area contributed by atoms with Crippen LogP contribution in [0.1, 0.15) is 84.0 Å². The van der Waals surface area contributed by atoms with E-state index >= 15 is 0 Å². The van der Waals surface area contributed by atoms with E-state index in [0.717, 1.165) is 51.4 Å². The lowest BCUT2D eigenvalue weighted by Gasteiger charge is -1.99. The van der Waals surface area contributed by atoms with Gasteiger partial charge in [0.2, 0.25) is 0 Å². The molecule has 0 aliphatic heterocycles. The third kappa shape index (κ3) is 16.7. The average molecular weight is 308 g/mol. The van der Waals surface area contributed by atoms with Gasteiger partial charge in [-0.25, -0.2) is 0 Å². The number of aliphatic carboxylic acids is 1. The lowest BCUT2D eigenvalue weighted by molar-refractivity contribution is -0.137. The Balaban J connectivity index is 3.36. The molecule has 0 saturated heterocycles. The van der Waals surface area contributed by atoms with Gasteiger partial charge in [0, 0.05) is 12.8 Å². The molecule has 0 aliphatic rings. The zero-order valence-electron chi connectivity index (χ0n) is 14.1. The van der Waals surface area contributed by atoms with Gasteiger partial charge >= 0.3 is 5.97 Å². The molecule has 0 aromatic carbocycles. The highest BCUT2D eigenvalue weighted by Crippen LogP contribution is 2.09. The van der Waals surface area contributed by atoms with Crippen LogP contribution in [0, 0.1) is 0 Å². The van der Waals surface area contributed by atoms with E-state index in [0.29, 0.717) is 12.8 Å². The highest BCUT2D eigenvalue weighted by Gasteiger charge is 1.96. The van der Waals surface area contributed by atoms with Crippen molar-refractivity contribution in [2.45, 2.75) is 84.0 Å². The van der Waals surface area contributed by atoms with Gasteiger partial charge in [-0.1, -0.05) is 63.7 Å². The van der Waals surface area contributed by atoms with E-state index in [1.165, 1.54) is 12.8 Å². The molecule has 0 bridgehead atoms. The summed E-state index contributed by atoms with van der Waals surface area (Å²) in [4.78, 5) is 21.8. The fourth-order valence-corrected chi connectivity index (χ4v) is 2.22. The summed E-state index contributed by atoms with van der Waals surface area (Å²) in [6, 6.07) is 0. The fraction of sp³-hybridized carbons (Fsp3) is 0.684. The number of ketones is 1. The second kappa shape index (κ2) is 16.0. The lowest BCUT2D eigenvalue weighted by Crippen LogP contribution is -1.93. The van der Waals surface area contributed by atoms with E-state index in [-0.39, 0.29) is 5.78 Å². The first kappa shape index (κ1) is 20.6. The van der Waals surface area contributed by atoms with Gasteiger partial charge in [-0.2, -0.15) is 0 Å². The number of carbonyl (C=O) groups is 2. The number of rotatable bonds is 15. The Hall–Kier alpha value is -1.38. The van der Waals surface area contributed by atoms with Crippen molar-refractivity contribution in [3.05, 3.63) is 24.3 Å². The van der Waals surface area contributed by atoms with Gasteiger partial charge in [-0.3, -0.25) is 9.59 Å². The molecule has 0 radical (unpaired) electrons. The first-order valence-electron chi connectivity index (χ1n) is 8.74. The van der Waals surface area contributed by atoms with Crippen LogP contribution in [0.5, 0.6) is 0 Å². The Kier molecular flexibility index (Phi) is 15.0. The average Bonchev–Trinajstić information content (AvgIpc) is 2.48. The van der Waals surface area contributed by atoms with Crippen LogP contribution in [0.15, 0.2) is 24.3 Å². The second-order valence-electron chi connectivity index (χ2n) is 5.76. The molecular formula is C19H32O3. The van der Waals surface area contributed by atoms with E-state index in [2.05, 4.69) is 13.0 Å². The van der Waals surface area contributed by atoms with Crippen molar-refractivity contribution in [1.29, 1.82) is 0 Å². The summed E-state index contributed by atoms with van der Waals surface area (Å²) >= 11 is 0. The Labute approximate surface area is 135 Å². The van der Waals surface area contributed by atoms with Crippen LogP contribution in [0.4, 0.5) is 0 Å². The summed E-state index contributed by atoms with van der Waals surface area (Å²) in [7, 11) is 0. The smallest absolute Gasteiger partial charge is 0.303 e. The molecule has 0 fully saturated rings. The molecule has 0 rings (SSSR count). The van der Waals surface area contributed by atoms with Crippen LogP contribution in [0.25, 0.3) is 0 Å². The minimum Gasteiger partial charge on any atom is -0.481 e. The van der Waals surface area contributed by atoms with Crippen molar-refractivity contribution >= 4 is 11.8 Å². The normalized spacial score (nSPS) is 11.5. The van der Waals surface area contributed by atoms with Crippen molar-refractivity contribution in [1.82, 2.24) is 0 Å². The van der Waals surface area contributed by atoms with Crippen LogP contribution in [-0.2, 0) is 9.59 Å². The third-order valence-electron chi connectivity index (χ3n) is 3.57. The monoisotopic (exact) mass is 308 g/mol. The van der Waals surface area contributed by atoms with Gasteiger partial charge in [-0.15, -0.1) is 0 Å². The molecule has 0 spiro atoms. The Morgan fingerprint density at radius 1 is 0.818 bits per heavy atom. The van der Waals surface area contributed by atoms with Crippen LogP contribution >= 0.6 is 0 Å². The van der Waals surface area contributed by atoms with Gasteiger partial charge < -0.3 is 5.11 Å². The molecule has 1 N–H and O–H groups in total. The molecule has 22 heavy (non-hydrogen) atoms. The highest BCUT2D eigenvalue weighted by atomic mass is 16.4. The summed E-state index contributed by atoms with van der Waals surface area (Å²) in [5, 5.41) is 8.51. The number of hydrogen-bond acceptors (Lipinski definition) is 2.